The number of carboxylic acid groups (broad SMARTS) is 1. The third-order valence-corrected chi connectivity index (χ3v) is 3.25. The largest absolute Gasteiger partial charge is 0.506 e. The molecule has 0 aliphatic carbocycles. The van der Waals surface area contributed by atoms with Gasteiger partial charge in [0.05, 0.1) is 21.6 Å². The number of aromatic carboxylic acids is 1. The average Bonchev–Trinajstić information content (AvgIpc) is 2.84. The molecule has 2 aromatic carbocycles. The fourth-order valence-corrected chi connectivity index (χ4v) is 2.11. The van der Waals surface area contributed by atoms with Crippen molar-refractivity contribution in [3.8, 4) is 17.1 Å². The molecule has 0 saturated heterocycles. The number of phenolic OH excluding ortho intramolecular Hbond substituents is 1. The van der Waals surface area contributed by atoms with E-state index in [1.165, 1.54) is 18.2 Å². The van der Waals surface area contributed by atoms with Gasteiger partial charge in [-0.2, -0.15) is 0 Å². The van der Waals surface area contributed by atoms with Crippen LogP contribution in [-0.4, -0.2) is 26.2 Å². The highest BCUT2D eigenvalue weighted by molar-refractivity contribution is 6.32. The molecule has 3 rings (SSSR count). The van der Waals surface area contributed by atoms with Gasteiger partial charge in [-0.25, -0.2) is 9.78 Å². The van der Waals surface area contributed by atoms with Gasteiger partial charge in [0.15, 0.2) is 0 Å². The van der Waals surface area contributed by atoms with Crippen LogP contribution in [0.4, 0.5) is 0 Å². The fraction of sp³-hybridized carbons (Fsp3) is 0. The van der Waals surface area contributed by atoms with Crippen LogP contribution in [0, 0.1) is 0 Å². The number of imidazole rings is 1. The van der Waals surface area contributed by atoms with Crippen LogP contribution < -0.4 is 0 Å². The zero-order chi connectivity index (χ0) is 14.3. The number of aromatic amines is 1. The Morgan fingerprint density at radius 3 is 2.70 bits per heavy atom. The summed E-state index contributed by atoms with van der Waals surface area (Å²) in [4.78, 5) is 18.3. The molecule has 1 heterocycles. The third kappa shape index (κ3) is 2.08. The van der Waals surface area contributed by atoms with E-state index < -0.39 is 5.97 Å². The summed E-state index contributed by atoms with van der Waals surface area (Å²) >= 11 is 5.86. The summed E-state index contributed by atoms with van der Waals surface area (Å²) in [6.07, 6.45) is 0. The van der Waals surface area contributed by atoms with E-state index in [1.54, 1.807) is 18.2 Å². The van der Waals surface area contributed by atoms with Crippen molar-refractivity contribution in [3.63, 3.8) is 0 Å². The van der Waals surface area contributed by atoms with Crippen LogP contribution in [0.5, 0.6) is 5.75 Å². The smallest absolute Gasteiger partial charge is 0.335 e. The first-order valence-corrected chi connectivity index (χ1v) is 6.14. The average molecular weight is 289 g/mol. The second kappa shape index (κ2) is 4.54. The summed E-state index contributed by atoms with van der Waals surface area (Å²) in [6.45, 7) is 0. The van der Waals surface area contributed by atoms with Gasteiger partial charge in [0.1, 0.15) is 11.6 Å². The van der Waals surface area contributed by atoms with Gasteiger partial charge < -0.3 is 15.2 Å². The zero-order valence-corrected chi connectivity index (χ0v) is 10.8. The van der Waals surface area contributed by atoms with E-state index in [0.717, 1.165) is 0 Å². The lowest BCUT2D eigenvalue weighted by Gasteiger charge is -1.99. The number of fused-ring (bicyclic) bond motifs is 1. The number of halogens is 1. The minimum Gasteiger partial charge on any atom is -0.506 e. The van der Waals surface area contributed by atoms with Crippen LogP contribution in [0.25, 0.3) is 22.4 Å². The van der Waals surface area contributed by atoms with E-state index in [1.807, 2.05) is 0 Å². The fourth-order valence-electron chi connectivity index (χ4n) is 1.93. The standard InChI is InChI=1S/C14H9ClN2O3/c15-9-5-7(2-4-12(9)18)13-16-10-3-1-8(14(19)20)6-11(10)17-13/h1-6,18H,(H,16,17)(H,19,20). The molecular weight excluding hydrogens is 280 g/mol. The van der Waals surface area contributed by atoms with Gasteiger partial charge in [-0.3, -0.25) is 0 Å². The Hall–Kier alpha value is -2.53. The summed E-state index contributed by atoms with van der Waals surface area (Å²) in [5.74, 6) is -0.431. The summed E-state index contributed by atoms with van der Waals surface area (Å²) in [7, 11) is 0. The number of hydrogen-bond acceptors (Lipinski definition) is 3. The zero-order valence-electron chi connectivity index (χ0n) is 10.1. The van der Waals surface area contributed by atoms with Crippen molar-refractivity contribution < 1.29 is 15.0 Å². The van der Waals surface area contributed by atoms with Gasteiger partial charge in [0, 0.05) is 5.56 Å². The number of rotatable bonds is 2. The molecule has 0 atom stereocenters. The molecule has 0 amide bonds. The Morgan fingerprint density at radius 2 is 2.00 bits per heavy atom. The SMILES string of the molecule is O=C(O)c1ccc2nc(-c3ccc(O)c(Cl)c3)[nH]c2c1. The minimum absolute atomic E-state index is 0.000286. The van der Waals surface area contributed by atoms with Crippen molar-refractivity contribution in [1.82, 2.24) is 9.97 Å². The van der Waals surface area contributed by atoms with Crippen LogP contribution in [0.2, 0.25) is 5.02 Å². The van der Waals surface area contributed by atoms with Crippen molar-refractivity contribution in [2.75, 3.05) is 0 Å². The van der Waals surface area contributed by atoms with Crippen molar-refractivity contribution in [1.29, 1.82) is 0 Å². The lowest BCUT2D eigenvalue weighted by molar-refractivity contribution is 0.0697. The number of nitrogens with one attached hydrogen (secondary N) is 1. The van der Waals surface area contributed by atoms with Gasteiger partial charge in [0.2, 0.25) is 0 Å². The predicted molar refractivity (Wildman–Crippen MR) is 75.2 cm³/mol. The lowest BCUT2D eigenvalue weighted by atomic mass is 10.2. The maximum Gasteiger partial charge on any atom is 0.335 e. The van der Waals surface area contributed by atoms with Gasteiger partial charge in [-0.15, -0.1) is 0 Å². The Morgan fingerprint density at radius 1 is 1.20 bits per heavy atom. The predicted octanol–water partition coefficient (Wildman–Crippen LogP) is 3.29. The first-order valence-electron chi connectivity index (χ1n) is 5.76. The Balaban J connectivity index is 2.12. The molecule has 0 radical (unpaired) electrons. The molecule has 1 aromatic heterocycles. The van der Waals surface area contributed by atoms with Gasteiger partial charge >= 0.3 is 5.97 Å². The van der Waals surface area contributed by atoms with Crippen molar-refractivity contribution in [2.45, 2.75) is 0 Å². The molecule has 100 valence electrons. The topological polar surface area (TPSA) is 86.2 Å². The number of phenols is 1. The Labute approximate surface area is 118 Å². The second-order valence-corrected chi connectivity index (χ2v) is 4.70. The quantitative estimate of drug-likeness (QED) is 0.675. The molecule has 0 bridgehead atoms. The molecule has 0 saturated carbocycles. The monoisotopic (exact) mass is 288 g/mol. The molecular formula is C14H9ClN2O3. The molecule has 0 spiro atoms. The number of H-pyrrole nitrogens is 1. The van der Waals surface area contributed by atoms with Crippen molar-refractivity contribution in [3.05, 3.63) is 47.0 Å². The second-order valence-electron chi connectivity index (χ2n) is 4.29. The Kier molecular flexibility index (Phi) is 2.84. The van der Waals surface area contributed by atoms with Gasteiger partial charge in [-0.05, 0) is 36.4 Å². The lowest BCUT2D eigenvalue weighted by Crippen LogP contribution is -1.94. The molecule has 3 aromatic rings. The first-order chi connectivity index (χ1) is 9.54. The summed E-state index contributed by atoms with van der Waals surface area (Å²) < 4.78 is 0. The highest BCUT2D eigenvalue weighted by Crippen LogP contribution is 2.29. The van der Waals surface area contributed by atoms with E-state index in [9.17, 15) is 9.90 Å². The molecule has 20 heavy (non-hydrogen) atoms. The van der Waals surface area contributed by atoms with Crippen LogP contribution in [-0.2, 0) is 0 Å². The van der Waals surface area contributed by atoms with Gasteiger partial charge in [-0.1, -0.05) is 11.6 Å². The molecule has 0 fully saturated rings. The molecule has 5 nitrogen and oxygen atoms in total. The van der Waals surface area contributed by atoms with Crippen LogP contribution in [0.1, 0.15) is 10.4 Å². The number of aromatic nitrogens is 2. The maximum atomic E-state index is 10.9. The first kappa shape index (κ1) is 12.5. The van der Waals surface area contributed by atoms with Crippen molar-refractivity contribution in [2.24, 2.45) is 0 Å². The highest BCUT2D eigenvalue weighted by Gasteiger charge is 2.10. The number of aromatic hydroxyl groups is 1. The van der Waals surface area contributed by atoms with Crippen molar-refractivity contribution >= 4 is 28.6 Å². The van der Waals surface area contributed by atoms with E-state index in [0.29, 0.717) is 22.4 Å². The number of nitrogens with zero attached hydrogens (tertiary/aromatic N) is 1. The third-order valence-electron chi connectivity index (χ3n) is 2.95. The van der Waals surface area contributed by atoms with Crippen LogP contribution >= 0.6 is 11.6 Å². The maximum absolute atomic E-state index is 10.9. The summed E-state index contributed by atoms with van der Waals surface area (Å²) in [5, 5.41) is 18.6. The summed E-state index contributed by atoms with van der Waals surface area (Å²) in [5.41, 5.74) is 2.19. The molecule has 3 N–H and O–H groups in total. The highest BCUT2D eigenvalue weighted by atomic mass is 35.5. The molecule has 0 unspecified atom stereocenters. The number of benzene rings is 2. The van der Waals surface area contributed by atoms with E-state index in [4.69, 9.17) is 16.7 Å². The molecule has 0 aliphatic heterocycles. The number of carboxylic acids is 1. The minimum atomic E-state index is -0.990. The van der Waals surface area contributed by atoms with E-state index >= 15 is 0 Å². The molecule has 0 aliphatic rings. The number of hydrogen-bond donors (Lipinski definition) is 3. The van der Waals surface area contributed by atoms with Crippen LogP contribution in [0.3, 0.4) is 0 Å². The van der Waals surface area contributed by atoms with E-state index in [2.05, 4.69) is 9.97 Å². The van der Waals surface area contributed by atoms with Crippen LogP contribution in [0.15, 0.2) is 36.4 Å². The Bertz CT molecular complexity index is 826. The normalized spacial score (nSPS) is 10.8. The van der Waals surface area contributed by atoms with E-state index in [-0.39, 0.29) is 16.3 Å². The summed E-state index contributed by atoms with van der Waals surface area (Å²) in [6, 6.07) is 9.41. The van der Waals surface area contributed by atoms with Gasteiger partial charge in [0.25, 0.3) is 0 Å². The molecule has 6 heteroatoms. The number of carbonyl (C=O) groups is 1.